The fourth-order valence-corrected chi connectivity index (χ4v) is 3.94. The van der Waals surface area contributed by atoms with Gasteiger partial charge in [-0.25, -0.2) is 9.78 Å². The lowest BCUT2D eigenvalue weighted by Crippen LogP contribution is -2.05. The number of benzene rings is 1. The van der Waals surface area contributed by atoms with E-state index in [9.17, 15) is 28.1 Å². The summed E-state index contributed by atoms with van der Waals surface area (Å²) < 4.78 is 43.3. The third kappa shape index (κ3) is 4.48. The predicted molar refractivity (Wildman–Crippen MR) is 85.0 cm³/mol. The average Bonchev–Trinajstić information content (AvgIpc) is 2.87. The van der Waals surface area contributed by atoms with Crippen LogP contribution in [-0.2, 0) is 10.9 Å². The van der Waals surface area contributed by atoms with Crippen LogP contribution >= 0.6 is 23.1 Å². The fourth-order valence-electron chi connectivity index (χ4n) is 1.82. The zero-order valence-electron chi connectivity index (χ0n) is 12.9. The highest BCUT2D eigenvalue weighted by molar-refractivity contribution is 8.01. The fraction of sp³-hybridized carbons (Fsp3) is 0.286. The summed E-state index contributed by atoms with van der Waals surface area (Å²) in [5.74, 6) is -0.564. The van der Waals surface area contributed by atoms with Crippen LogP contribution in [0.5, 0.6) is 0 Å². The number of hydrogen-bond acceptors (Lipinski definition) is 7. The Bertz CT molecular complexity index is 821. The molecule has 0 spiro atoms. The first kappa shape index (κ1) is 19.2. The normalized spacial score (nSPS) is 11.4. The van der Waals surface area contributed by atoms with Crippen LogP contribution in [0.3, 0.4) is 0 Å². The van der Waals surface area contributed by atoms with Crippen LogP contribution in [0.25, 0.3) is 0 Å². The molecule has 0 fully saturated rings. The van der Waals surface area contributed by atoms with E-state index < -0.39 is 28.3 Å². The summed E-state index contributed by atoms with van der Waals surface area (Å²) in [4.78, 5) is 26.3. The highest BCUT2D eigenvalue weighted by Crippen LogP contribution is 2.40. The van der Waals surface area contributed by atoms with Gasteiger partial charge in [0.15, 0.2) is 4.34 Å². The van der Waals surface area contributed by atoms with Crippen LogP contribution in [0.4, 0.5) is 18.9 Å². The van der Waals surface area contributed by atoms with E-state index in [1.54, 1.807) is 13.8 Å². The number of esters is 1. The van der Waals surface area contributed by atoms with Gasteiger partial charge >= 0.3 is 12.1 Å². The molecule has 0 saturated carbocycles. The highest BCUT2D eigenvalue weighted by Gasteiger charge is 2.33. The van der Waals surface area contributed by atoms with E-state index in [0.29, 0.717) is 16.1 Å². The Balaban J connectivity index is 2.36. The Kier molecular flexibility index (Phi) is 5.68. The van der Waals surface area contributed by atoms with E-state index in [2.05, 4.69) is 4.98 Å². The van der Waals surface area contributed by atoms with Gasteiger partial charge in [-0.15, -0.1) is 11.3 Å². The molecule has 134 valence electrons. The molecular formula is C14H11F3N2O4S2. The van der Waals surface area contributed by atoms with Crippen LogP contribution in [-0.4, -0.2) is 22.5 Å². The standard InChI is InChI=1S/C14H11F3N2O4S2/c1-3-23-12(20)11-7(2)18-13(25-11)24-10-5-4-8(14(15,16)17)6-9(10)19(21)22/h4-6H,3H2,1-2H3. The average molecular weight is 392 g/mol. The number of thiazole rings is 1. The minimum Gasteiger partial charge on any atom is -0.462 e. The van der Waals surface area contributed by atoms with Gasteiger partial charge in [0.25, 0.3) is 5.69 Å². The second kappa shape index (κ2) is 7.40. The van der Waals surface area contributed by atoms with Gasteiger partial charge in [-0.05, 0) is 26.0 Å². The second-order valence-corrected chi connectivity index (χ2v) is 6.94. The number of nitrogens with zero attached hydrogens (tertiary/aromatic N) is 2. The number of halogens is 3. The molecule has 25 heavy (non-hydrogen) atoms. The number of nitro benzene ring substituents is 1. The van der Waals surface area contributed by atoms with Crippen molar-refractivity contribution in [2.45, 2.75) is 29.3 Å². The van der Waals surface area contributed by atoms with Crippen LogP contribution < -0.4 is 0 Å². The SMILES string of the molecule is CCOC(=O)c1sc(Sc2ccc(C(F)(F)F)cc2[N+](=O)[O-])nc1C. The summed E-state index contributed by atoms with van der Waals surface area (Å²) in [6.45, 7) is 3.41. The molecule has 1 aromatic carbocycles. The number of alkyl halides is 3. The molecular weight excluding hydrogens is 381 g/mol. The van der Waals surface area contributed by atoms with Gasteiger partial charge in [-0.1, -0.05) is 11.8 Å². The quantitative estimate of drug-likeness (QED) is 0.416. The van der Waals surface area contributed by atoms with Gasteiger partial charge in [0.1, 0.15) is 4.88 Å². The Hall–Kier alpha value is -2.14. The lowest BCUT2D eigenvalue weighted by atomic mass is 10.2. The molecule has 1 heterocycles. The zero-order valence-corrected chi connectivity index (χ0v) is 14.5. The van der Waals surface area contributed by atoms with Gasteiger partial charge in [0.05, 0.1) is 27.7 Å². The molecule has 2 rings (SSSR count). The van der Waals surface area contributed by atoms with Crippen molar-refractivity contribution in [3.63, 3.8) is 0 Å². The maximum absolute atomic E-state index is 12.7. The van der Waals surface area contributed by atoms with Crippen molar-refractivity contribution in [1.29, 1.82) is 0 Å². The molecule has 0 N–H and O–H groups in total. The zero-order chi connectivity index (χ0) is 18.8. The van der Waals surface area contributed by atoms with Crippen LogP contribution in [0.15, 0.2) is 27.4 Å². The first-order valence-corrected chi connectivity index (χ1v) is 8.44. The predicted octanol–water partition coefficient (Wildman–Crippen LogP) is 4.71. The van der Waals surface area contributed by atoms with E-state index in [-0.39, 0.29) is 16.4 Å². The smallest absolute Gasteiger partial charge is 0.416 e. The van der Waals surface area contributed by atoms with E-state index in [1.165, 1.54) is 0 Å². The van der Waals surface area contributed by atoms with E-state index in [0.717, 1.165) is 35.2 Å². The molecule has 0 aliphatic carbocycles. The molecule has 0 atom stereocenters. The number of hydrogen-bond donors (Lipinski definition) is 0. The molecule has 6 nitrogen and oxygen atoms in total. The molecule has 0 aliphatic rings. The number of carbonyl (C=O) groups is 1. The minimum absolute atomic E-state index is 0.00200. The number of nitro groups is 1. The number of ether oxygens (including phenoxy) is 1. The molecule has 11 heteroatoms. The third-order valence-corrected chi connectivity index (χ3v) is 5.18. The van der Waals surface area contributed by atoms with Gasteiger partial charge in [-0.3, -0.25) is 10.1 Å². The van der Waals surface area contributed by atoms with Crippen molar-refractivity contribution in [3.05, 3.63) is 44.4 Å². The van der Waals surface area contributed by atoms with E-state index >= 15 is 0 Å². The summed E-state index contributed by atoms with van der Waals surface area (Å²) in [5.41, 5.74) is -1.39. The first-order valence-electron chi connectivity index (χ1n) is 6.81. The molecule has 1 aromatic heterocycles. The Labute approximate surface area is 148 Å². The first-order chi connectivity index (χ1) is 11.6. The summed E-state index contributed by atoms with van der Waals surface area (Å²) in [7, 11) is 0. The van der Waals surface area contributed by atoms with E-state index in [4.69, 9.17) is 4.74 Å². The Morgan fingerprint density at radius 2 is 2.12 bits per heavy atom. The lowest BCUT2D eigenvalue weighted by Gasteiger charge is -2.07. The van der Waals surface area contributed by atoms with Gasteiger partial charge < -0.3 is 4.74 Å². The maximum atomic E-state index is 12.7. The number of aromatic nitrogens is 1. The van der Waals surface area contributed by atoms with Gasteiger partial charge in [0, 0.05) is 6.07 Å². The molecule has 2 aromatic rings. The van der Waals surface area contributed by atoms with Gasteiger partial charge in [-0.2, -0.15) is 13.2 Å². The number of rotatable bonds is 5. The van der Waals surface area contributed by atoms with Crippen molar-refractivity contribution >= 4 is 34.8 Å². The lowest BCUT2D eigenvalue weighted by molar-refractivity contribution is -0.388. The summed E-state index contributed by atoms with van der Waals surface area (Å²) in [6.07, 6.45) is -4.68. The molecule has 0 radical (unpaired) electrons. The largest absolute Gasteiger partial charge is 0.462 e. The van der Waals surface area contributed by atoms with Crippen molar-refractivity contribution in [2.24, 2.45) is 0 Å². The number of aryl methyl sites for hydroxylation is 1. The maximum Gasteiger partial charge on any atom is 0.416 e. The van der Waals surface area contributed by atoms with Crippen LogP contribution in [0.1, 0.15) is 27.9 Å². The Morgan fingerprint density at radius 3 is 2.68 bits per heavy atom. The van der Waals surface area contributed by atoms with Gasteiger partial charge in [0.2, 0.25) is 0 Å². The molecule has 0 aliphatic heterocycles. The van der Waals surface area contributed by atoms with Crippen molar-refractivity contribution in [2.75, 3.05) is 6.61 Å². The van der Waals surface area contributed by atoms with Crippen molar-refractivity contribution in [1.82, 2.24) is 4.98 Å². The minimum atomic E-state index is -4.68. The van der Waals surface area contributed by atoms with Crippen molar-refractivity contribution < 1.29 is 27.6 Å². The van der Waals surface area contributed by atoms with Crippen molar-refractivity contribution in [3.8, 4) is 0 Å². The molecule has 0 unspecified atom stereocenters. The molecule has 0 bridgehead atoms. The highest BCUT2D eigenvalue weighted by atomic mass is 32.2. The van der Waals surface area contributed by atoms with Crippen LogP contribution in [0.2, 0.25) is 0 Å². The summed E-state index contributed by atoms with van der Waals surface area (Å²) in [6, 6.07) is 2.27. The Morgan fingerprint density at radius 1 is 1.44 bits per heavy atom. The monoisotopic (exact) mass is 392 g/mol. The number of carbonyl (C=O) groups excluding carboxylic acids is 1. The second-order valence-electron chi connectivity index (χ2n) is 4.65. The summed E-state index contributed by atoms with van der Waals surface area (Å²) in [5, 5.41) is 11.1. The summed E-state index contributed by atoms with van der Waals surface area (Å²) >= 11 is 1.79. The van der Waals surface area contributed by atoms with Crippen LogP contribution in [0, 0.1) is 17.0 Å². The van der Waals surface area contributed by atoms with E-state index in [1.807, 2.05) is 0 Å². The topological polar surface area (TPSA) is 82.3 Å². The molecule has 0 amide bonds. The molecule has 0 saturated heterocycles. The third-order valence-electron chi connectivity index (χ3n) is 2.92.